The summed E-state index contributed by atoms with van der Waals surface area (Å²) >= 11 is 1.56. The van der Waals surface area contributed by atoms with E-state index in [1.54, 1.807) is 16.2 Å². The Morgan fingerprint density at radius 2 is 1.88 bits per heavy atom. The van der Waals surface area contributed by atoms with Crippen LogP contribution in [0.2, 0.25) is 0 Å². The number of fused-ring (bicyclic) bond motifs is 4. The Balaban J connectivity index is 1.24. The lowest BCUT2D eigenvalue weighted by atomic mass is 9.84. The number of piperidine rings is 3. The number of carbonyl (C=O) groups is 2. The number of benzene rings is 2. The first-order valence-electron chi connectivity index (χ1n) is 11.7. The highest BCUT2D eigenvalue weighted by Gasteiger charge is 2.35. The van der Waals surface area contributed by atoms with E-state index in [0.717, 1.165) is 38.3 Å². The van der Waals surface area contributed by atoms with Crippen LogP contribution in [0.15, 0.2) is 48.5 Å². The van der Waals surface area contributed by atoms with Gasteiger partial charge in [-0.1, -0.05) is 30.3 Å². The fourth-order valence-electron chi connectivity index (χ4n) is 5.38. The van der Waals surface area contributed by atoms with Gasteiger partial charge in [0.05, 0.1) is 11.5 Å². The Morgan fingerprint density at radius 1 is 1.06 bits per heavy atom. The third kappa shape index (κ3) is 3.94. The maximum atomic E-state index is 13.1. The molecule has 0 radical (unpaired) electrons. The zero-order valence-corrected chi connectivity index (χ0v) is 19.3. The first-order valence-corrected chi connectivity index (χ1v) is 12.5. The summed E-state index contributed by atoms with van der Waals surface area (Å²) in [5, 5.41) is 4.40. The van der Waals surface area contributed by atoms with Gasteiger partial charge in [-0.25, -0.2) is 0 Å². The molecule has 0 aliphatic carbocycles. The maximum Gasteiger partial charge on any atom is 0.261 e. The minimum absolute atomic E-state index is 0.00648. The highest BCUT2D eigenvalue weighted by molar-refractivity contribution is 7.21. The van der Waals surface area contributed by atoms with Crippen molar-refractivity contribution in [2.45, 2.75) is 18.9 Å². The standard InChI is InChI=1S/C26H27N3O3S/c30-24-16-32-13-12-29(24)20-6-4-17(5-7-20)21-3-1-2-19-14-23(33-25(19)21)26(31)27-22-15-28-10-8-18(22)9-11-28/h1-7,14,18,22H,8-13,15-16H2,(H,27,31)/t22-/m0/s1. The molecule has 33 heavy (non-hydrogen) atoms. The van der Waals surface area contributed by atoms with Gasteiger partial charge in [0.15, 0.2) is 0 Å². The predicted octanol–water partition coefficient (Wildman–Crippen LogP) is 3.76. The van der Waals surface area contributed by atoms with Crippen LogP contribution in [0.5, 0.6) is 0 Å². The van der Waals surface area contributed by atoms with Crippen LogP contribution in [0.25, 0.3) is 21.2 Å². The summed E-state index contributed by atoms with van der Waals surface area (Å²) in [6.07, 6.45) is 2.38. The van der Waals surface area contributed by atoms with Gasteiger partial charge < -0.3 is 19.9 Å². The van der Waals surface area contributed by atoms with E-state index in [2.05, 4.69) is 34.5 Å². The third-order valence-corrected chi connectivity index (χ3v) is 8.40. The number of hydrogen-bond donors (Lipinski definition) is 1. The lowest BCUT2D eigenvalue weighted by Gasteiger charge is -2.44. The molecule has 6 nitrogen and oxygen atoms in total. The second kappa shape index (κ2) is 8.56. The quantitative estimate of drug-likeness (QED) is 0.643. The topological polar surface area (TPSA) is 61.9 Å². The summed E-state index contributed by atoms with van der Waals surface area (Å²) in [6, 6.07) is 16.6. The van der Waals surface area contributed by atoms with Crippen LogP contribution >= 0.6 is 11.3 Å². The molecule has 1 atom stereocenters. The summed E-state index contributed by atoms with van der Waals surface area (Å²) in [4.78, 5) is 30.2. The lowest BCUT2D eigenvalue weighted by molar-refractivity contribution is -0.125. The molecule has 4 aliphatic heterocycles. The molecule has 7 rings (SSSR count). The van der Waals surface area contributed by atoms with Crippen molar-refractivity contribution in [2.75, 3.05) is 44.3 Å². The molecule has 0 unspecified atom stereocenters. The van der Waals surface area contributed by atoms with Crippen molar-refractivity contribution in [3.63, 3.8) is 0 Å². The number of carbonyl (C=O) groups excluding carboxylic acids is 2. The number of ether oxygens (including phenoxy) is 1. The fraction of sp³-hybridized carbons (Fsp3) is 0.385. The molecule has 3 aromatic rings. The van der Waals surface area contributed by atoms with E-state index < -0.39 is 0 Å². The largest absolute Gasteiger partial charge is 0.370 e. The van der Waals surface area contributed by atoms with Crippen molar-refractivity contribution >= 4 is 38.9 Å². The van der Waals surface area contributed by atoms with Crippen molar-refractivity contribution in [1.29, 1.82) is 0 Å². The summed E-state index contributed by atoms with van der Waals surface area (Å²) in [5.74, 6) is 0.649. The van der Waals surface area contributed by atoms with Crippen molar-refractivity contribution in [3.8, 4) is 11.1 Å². The van der Waals surface area contributed by atoms with Crippen LogP contribution < -0.4 is 10.2 Å². The number of nitrogens with zero attached hydrogens (tertiary/aromatic N) is 2. The van der Waals surface area contributed by atoms with Crippen LogP contribution in [0.3, 0.4) is 0 Å². The molecule has 0 saturated carbocycles. The van der Waals surface area contributed by atoms with Gasteiger partial charge in [-0.15, -0.1) is 11.3 Å². The molecule has 4 fully saturated rings. The first kappa shape index (κ1) is 20.8. The van der Waals surface area contributed by atoms with Gasteiger partial charge in [0.1, 0.15) is 6.61 Å². The van der Waals surface area contributed by atoms with Crippen LogP contribution in [0.4, 0.5) is 5.69 Å². The van der Waals surface area contributed by atoms with Gasteiger partial charge >= 0.3 is 0 Å². The normalized spacial score (nSPS) is 24.9. The minimum Gasteiger partial charge on any atom is -0.370 e. The smallest absolute Gasteiger partial charge is 0.261 e. The van der Waals surface area contributed by atoms with E-state index in [0.29, 0.717) is 19.1 Å². The van der Waals surface area contributed by atoms with E-state index in [-0.39, 0.29) is 24.5 Å². The molecule has 7 heteroatoms. The molecule has 2 amide bonds. The van der Waals surface area contributed by atoms with Crippen LogP contribution in [-0.2, 0) is 9.53 Å². The van der Waals surface area contributed by atoms with Gasteiger partial charge in [0.25, 0.3) is 11.8 Å². The third-order valence-electron chi connectivity index (χ3n) is 7.22. The molecule has 0 spiro atoms. The number of hydrogen-bond acceptors (Lipinski definition) is 5. The van der Waals surface area contributed by atoms with E-state index >= 15 is 0 Å². The summed E-state index contributed by atoms with van der Waals surface area (Å²) in [5.41, 5.74) is 3.08. The Labute approximate surface area is 197 Å². The number of rotatable bonds is 4. The molecule has 2 bridgehead atoms. The summed E-state index contributed by atoms with van der Waals surface area (Å²) in [7, 11) is 0. The van der Waals surface area contributed by atoms with E-state index in [9.17, 15) is 9.59 Å². The molecule has 4 aliphatic rings. The summed E-state index contributed by atoms with van der Waals surface area (Å²) in [6.45, 7) is 4.60. The monoisotopic (exact) mass is 461 g/mol. The second-order valence-electron chi connectivity index (χ2n) is 9.20. The summed E-state index contributed by atoms with van der Waals surface area (Å²) < 4.78 is 6.35. The first-order chi connectivity index (χ1) is 16.2. The average Bonchev–Trinajstić information content (AvgIpc) is 3.30. The molecular formula is C26H27N3O3S. The SMILES string of the molecule is O=C(N[C@H]1CN2CCC1CC2)c1cc2cccc(-c3ccc(N4CCOCC4=O)cc3)c2s1. The maximum absolute atomic E-state index is 13.1. The Bertz CT molecular complexity index is 1200. The van der Waals surface area contributed by atoms with E-state index in [1.807, 2.05) is 24.3 Å². The molecule has 2 aromatic carbocycles. The van der Waals surface area contributed by atoms with Crippen molar-refractivity contribution < 1.29 is 14.3 Å². The number of thiophene rings is 1. The van der Waals surface area contributed by atoms with Crippen LogP contribution in [-0.4, -0.2) is 62.1 Å². The highest BCUT2D eigenvalue weighted by atomic mass is 32.1. The highest BCUT2D eigenvalue weighted by Crippen LogP contribution is 2.36. The van der Waals surface area contributed by atoms with Crippen LogP contribution in [0.1, 0.15) is 22.5 Å². The zero-order chi connectivity index (χ0) is 22.4. The number of nitrogens with one attached hydrogen (secondary N) is 1. The van der Waals surface area contributed by atoms with Gasteiger partial charge in [-0.05, 0) is 66.6 Å². The Hall–Kier alpha value is -2.74. The molecule has 1 aromatic heterocycles. The average molecular weight is 462 g/mol. The fourth-order valence-corrected chi connectivity index (χ4v) is 6.48. The molecular weight excluding hydrogens is 434 g/mol. The Morgan fingerprint density at radius 3 is 2.61 bits per heavy atom. The van der Waals surface area contributed by atoms with Crippen molar-refractivity contribution in [2.24, 2.45) is 5.92 Å². The molecule has 4 saturated heterocycles. The number of anilines is 1. The number of amides is 2. The lowest BCUT2D eigenvalue weighted by Crippen LogP contribution is -2.57. The minimum atomic E-state index is -0.00648. The van der Waals surface area contributed by atoms with Crippen LogP contribution in [0, 0.1) is 5.92 Å². The number of morpholine rings is 1. The molecule has 5 heterocycles. The van der Waals surface area contributed by atoms with Gasteiger partial charge in [0, 0.05) is 29.5 Å². The van der Waals surface area contributed by atoms with E-state index in [1.165, 1.54) is 25.9 Å². The van der Waals surface area contributed by atoms with Gasteiger partial charge in [-0.2, -0.15) is 0 Å². The van der Waals surface area contributed by atoms with Crippen molar-refractivity contribution in [1.82, 2.24) is 10.2 Å². The van der Waals surface area contributed by atoms with Gasteiger partial charge in [0.2, 0.25) is 0 Å². The Kier molecular flexibility index (Phi) is 5.40. The molecule has 1 N–H and O–H groups in total. The van der Waals surface area contributed by atoms with Crippen molar-refractivity contribution in [3.05, 3.63) is 53.4 Å². The second-order valence-corrected chi connectivity index (χ2v) is 10.2. The zero-order valence-electron chi connectivity index (χ0n) is 18.5. The van der Waals surface area contributed by atoms with E-state index in [4.69, 9.17) is 4.74 Å². The predicted molar refractivity (Wildman–Crippen MR) is 131 cm³/mol. The molecule has 170 valence electrons. The van der Waals surface area contributed by atoms with Gasteiger partial charge in [-0.3, -0.25) is 9.59 Å².